The van der Waals surface area contributed by atoms with Crippen molar-refractivity contribution in [1.82, 2.24) is 15.3 Å². The topological polar surface area (TPSA) is 78.0 Å². The molecule has 1 saturated carbocycles. The first-order valence-corrected chi connectivity index (χ1v) is 8.69. The quantitative estimate of drug-likeness (QED) is 0.793. The average molecular weight is 348 g/mol. The van der Waals surface area contributed by atoms with E-state index in [1.807, 2.05) is 25.1 Å². The molecule has 0 radical (unpaired) electrons. The number of halogens is 1. The van der Waals surface area contributed by atoms with Crippen molar-refractivity contribution >= 4 is 17.5 Å². The van der Waals surface area contributed by atoms with Gasteiger partial charge in [0.05, 0.1) is 6.10 Å². The summed E-state index contributed by atoms with van der Waals surface area (Å²) in [6, 6.07) is 7.36. The standard InChI is InChI=1S/C18H22ClN3O2/c1-11-16(18(24)20-10-12-4-2-7-15(23)8-12)22-17(21-11)13-5-3-6-14(19)9-13/h3,5-6,9,12,15,23H,2,4,7-8,10H2,1H3,(H,20,24)(H,21,22). The molecule has 0 bridgehead atoms. The molecule has 1 amide bonds. The van der Waals surface area contributed by atoms with Crippen LogP contribution in [0.15, 0.2) is 24.3 Å². The number of benzene rings is 1. The third-order valence-electron chi connectivity index (χ3n) is 4.50. The summed E-state index contributed by atoms with van der Waals surface area (Å²) < 4.78 is 0. The highest BCUT2D eigenvalue weighted by atomic mass is 35.5. The molecule has 0 saturated heterocycles. The van der Waals surface area contributed by atoms with Crippen LogP contribution in [0.3, 0.4) is 0 Å². The Morgan fingerprint density at radius 1 is 1.46 bits per heavy atom. The maximum atomic E-state index is 12.4. The Morgan fingerprint density at radius 2 is 2.29 bits per heavy atom. The predicted octanol–water partition coefficient (Wildman–Crippen LogP) is 3.32. The maximum Gasteiger partial charge on any atom is 0.271 e. The van der Waals surface area contributed by atoms with Crippen LogP contribution in [0.5, 0.6) is 0 Å². The minimum absolute atomic E-state index is 0.183. The van der Waals surface area contributed by atoms with Crippen LogP contribution in [0.2, 0.25) is 5.02 Å². The van der Waals surface area contributed by atoms with Crippen LogP contribution in [-0.2, 0) is 0 Å². The van der Waals surface area contributed by atoms with Crippen molar-refractivity contribution in [3.63, 3.8) is 0 Å². The molecule has 1 heterocycles. The monoisotopic (exact) mass is 347 g/mol. The van der Waals surface area contributed by atoms with Crippen LogP contribution in [0, 0.1) is 12.8 Å². The van der Waals surface area contributed by atoms with Gasteiger partial charge in [-0.3, -0.25) is 4.79 Å². The van der Waals surface area contributed by atoms with Crippen LogP contribution >= 0.6 is 11.6 Å². The van der Waals surface area contributed by atoms with Crippen molar-refractivity contribution < 1.29 is 9.90 Å². The second-order valence-corrected chi connectivity index (χ2v) is 6.90. The normalized spacial score (nSPS) is 20.8. The van der Waals surface area contributed by atoms with Gasteiger partial charge in [-0.15, -0.1) is 0 Å². The molecule has 1 aromatic carbocycles. The molecular formula is C18H22ClN3O2. The number of hydrogen-bond acceptors (Lipinski definition) is 3. The van der Waals surface area contributed by atoms with E-state index in [0.29, 0.717) is 29.0 Å². The van der Waals surface area contributed by atoms with Gasteiger partial charge in [-0.25, -0.2) is 4.98 Å². The van der Waals surface area contributed by atoms with Crippen LogP contribution in [0.1, 0.15) is 41.9 Å². The molecule has 0 spiro atoms. The second-order valence-electron chi connectivity index (χ2n) is 6.47. The molecule has 1 aliphatic carbocycles. The Morgan fingerprint density at radius 3 is 3.04 bits per heavy atom. The highest BCUT2D eigenvalue weighted by molar-refractivity contribution is 6.30. The van der Waals surface area contributed by atoms with Gasteiger partial charge in [0.15, 0.2) is 0 Å². The van der Waals surface area contributed by atoms with Crippen LogP contribution in [0.4, 0.5) is 0 Å². The molecule has 2 unspecified atom stereocenters. The lowest BCUT2D eigenvalue weighted by molar-refractivity contribution is 0.0870. The van der Waals surface area contributed by atoms with Gasteiger partial charge >= 0.3 is 0 Å². The number of rotatable bonds is 4. The molecule has 128 valence electrons. The number of aliphatic hydroxyl groups excluding tert-OH is 1. The largest absolute Gasteiger partial charge is 0.393 e. The van der Waals surface area contributed by atoms with Crippen molar-refractivity contribution in [2.75, 3.05) is 6.54 Å². The van der Waals surface area contributed by atoms with Crippen molar-refractivity contribution in [2.45, 2.75) is 38.7 Å². The molecule has 24 heavy (non-hydrogen) atoms. The number of nitrogens with zero attached hydrogens (tertiary/aromatic N) is 1. The fourth-order valence-electron chi connectivity index (χ4n) is 3.22. The minimum Gasteiger partial charge on any atom is -0.393 e. The highest BCUT2D eigenvalue weighted by Gasteiger charge is 2.22. The van der Waals surface area contributed by atoms with Crippen molar-refractivity contribution in [1.29, 1.82) is 0 Å². The summed E-state index contributed by atoms with van der Waals surface area (Å²) in [4.78, 5) is 20.0. The van der Waals surface area contributed by atoms with Gasteiger partial charge in [-0.2, -0.15) is 0 Å². The SMILES string of the molecule is Cc1[nH]c(-c2cccc(Cl)c2)nc1C(=O)NCC1CCCC(O)C1. The zero-order valence-corrected chi connectivity index (χ0v) is 14.4. The van der Waals surface area contributed by atoms with E-state index >= 15 is 0 Å². The highest BCUT2D eigenvalue weighted by Crippen LogP contribution is 2.24. The average Bonchev–Trinajstić information content (AvgIpc) is 2.95. The molecule has 5 nitrogen and oxygen atoms in total. The lowest BCUT2D eigenvalue weighted by atomic mass is 9.87. The molecular weight excluding hydrogens is 326 g/mol. The molecule has 1 fully saturated rings. The van der Waals surface area contributed by atoms with Gasteiger partial charge < -0.3 is 15.4 Å². The number of imidazole rings is 1. The molecule has 0 aliphatic heterocycles. The predicted molar refractivity (Wildman–Crippen MR) is 94.1 cm³/mol. The van der Waals surface area contributed by atoms with Gasteiger partial charge in [0, 0.05) is 22.8 Å². The number of hydrogen-bond donors (Lipinski definition) is 3. The molecule has 1 aromatic heterocycles. The Labute approximate surface area is 146 Å². The maximum absolute atomic E-state index is 12.4. The van der Waals surface area contributed by atoms with E-state index in [-0.39, 0.29) is 12.0 Å². The number of amides is 1. The van der Waals surface area contributed by atoms with Gasteiger partial charge in [0.2, 0.25) is 0 Å². The third kappa shape index (κ3) is 3.97. The smallest absolute Gasteiger partial charge is 0.271 e. The zero-order chi connectivity index (χ0) is 17.1. The first kappa shape index (κ1) is 17.0. The minimum atomic E-state index is -0.234. The van der Waals surface area contributed by atoms with Crippen molar-refractivity contribution in [2.24, 2.45) is 5.92 Å². The van der Waals surface area contributed by atoms with Gasteiger partial charge in [0.1, 0.15) is 11.5 Å². The van der Waals surface area contributed by atoms with E-state index in [9.17, 15) is 9.90 Å². The molecule has 2 atom stereocenters. The zero-order valence-electron chi connectivity index (χ0n) is 13.7. The van der Waals surface area contributed by atoms with E-state index < -0.39 is 0 Å². The molecule has 6 heteroatoms. The first-order valence-electron chi connectivity index (χ1n) is 8.31. The summed E-state index contributed by atoms with van der Waals surface area (Å²) in [6.45, 7) is 2.41. The fourth-order valence-corrected chi connectivity index (χ4v) is 3.41. The summed E-state index contributed by atoms with van der Waals surface area (Å²) in [5.74, 6) is 0.787. The van der Waals surface area contributed by atoms with Crippen LogP contribution in [0.25, 0.3) is 11.4 Å². The summed E-state index contributed by atoms with van der Waals surface area (Å²) in [7, 11) is 0. The molecule has 3 N–H and O–H groups in total. The molecule has 1 aliphatic rings. The van der Waals surface area contributed by atoms with E-state index in [1.54, 1.807) is 6.07 Å². The lowest BCUT2D eigenvalue weighted by Gasteiger charge is -2.25. The Hall–Kier alpha value is -1.85. The van der Waals surface area contributed by atoms with Gasteiger partial charge in [-0.05, 0) is 44.2 Å². The van der Waals surface area contributed by atoms with E-state index in [2.05, 4.69) is 15.3 Å². The van der Waals surface area contributed by atoms with Crippen LogP contribution < -0.4 is 5.32 Å². The first-order chi connectivity index (χ1) is 11.5. The number of carbonyl (C=O) groups is 1. The fraction of sp³-hybridized carbons (Fsp3) is 0.444. The number of aliphatic hydroxyl groups is 1. The van der Waals surface area contributed by atoms with E-state index in [4.69, 9.17) is 11.6 Å². The Bertz CT molecular complexity index is 729. The number of aromatic nitrogens is 2. The van der Waals surface area contributed by atoms with Crippen molar-refractivity contribution in [3.8, 4) is 11.4 Å². The number of H-pyrrole nitrogens is 1. The number of aromatic amines is 1. The third-order valence-corrected chi connectivity index (χ3v) is 4.74. The molecule has 2 aromatic rings. The van der Waals surface area contributed by atoms with E-state index in [0.717, 1.165) is 36.9 Å². The summed E-state index contributed by atoms with van der Waals surface area (Å²) in [6.07, 6.45) is 3.45. The lowest BCUT2D eigenvalue weighted by Crippen LogP contribution is -2.33. The van der Waals surface area contributed by atoms with E-state index in [1.165, 1.54) is 0 Å². The van der Waals surface area contributed by atoms with Gasteiger partial charge in [-0.1, -0.05) is 30.2 Å². The Balaban J connectivity index is 1.67. The Kier molecular flexibility index (Phi) is 5.21. The van der Waals surface area contributed by atoms with Crippen LogP contribution in [-0.4, -0.2) is 33.6 Å². The second kappa shape index (κ2) is 7.36. The number of nitrogens with one attached hydrogen (secondary N) is 2. The number of carbonyl (C=O) groups excluding carboxylic acids is 1. The van der Waals surface area contributed by atoms with Crippen molar-refractivity contribution in [3.05, 3.63) is 40.7 Å². The summed E-state index contributed by atoms with van der Waals surface area (Å²) in [5, 5.41) is 13.3. The van der Waals surface area contributed by atoms with Gasteiger partial charge in [0.25, 0.3) is 5.91 Å². The summed E-state index contributed by atoms with van der Waals surface area (Å²) in [5.41, 5.74) is 1.98. The number of aryl methyl sites for hydroxylation is 1. The summed E-state index contributed by atoms with van der Waals surface area (Å²) >= 11 is 6.01. The molecule has 3 rings (SSSR count).